The molecule has 1 saturated carbocycles. The fourth-order valence-electron chi connectivity index (χ4n) is 4.42. The predicted molar refractivity (Wildman–Crippen MR) is 122 cm³/mol. The molecule has 1 heterocycles. The molecule has 35 heavy (non-hydrogen) atoms. The van der Waals surface area contributed by atoms with Gasteiger partial charge >= 0.3 is 56.5 Å². The number of rotatable bonds is 1. The number of benzene rings is 2. The summed E-state index contributed by atoms with van der Waals surface area (Å²) in [6.45, 7) is 24.8. The summed E-state index contributed by atoms with van der Waals surface area (Å²) in [7, 11) is 0. The summed E-state index contributed by atoms with van der Waals surface area (Å²) in [6.07, 6.45) is 7.79. The van der Waals surface area contributed by atoms with E-state index in [1.54, 1.807) is 5.57 Å². The summed E-state index contributed by atoms with van der Waals surface area (Å²) in [5.41, 5.74) is 7.26. The van der Waals surface area contributed by atoms with Gasteiger partial charge in [-0.25, -0.2) is 0 Å². The normalized spacial score (nSPS) is 15.3. The Labute approximate surface area is 221 Å². The quantitative estimate of drug-likeness (QED) is 0.314. The first kappa shape index (κ1) is 34.5. The molecule has 1 unspecified atom stereocenters. The zero-order valence-electron chi connectivity index (χ0n) is 18.9. The maximum atomic E-state index is 7.50. The number of para-hydroxylation sites is 2. The van der Waals surface area contributed by atoms with E-state index in [1.165, 1.54) is 58.1 Å². The first-order valence-corrected chi connectivity index (χ1v) is 10.7. The maximum absolute atomic E-state index is 7.50. The summed E-state index contributed by atoms with van der Waals surface area (Å²) in [4.78, 5) is 5.25. The Hall–Kier alpha value is -2.70. The topological polar surface area (TPSA) is 103 Å². The molecule has 2 aliphatic carbocycles. The van der Waals surface area contributed by atoms with Crippen LogP contribution in [0.4, 0.5) is 11.4 Å². The Morgan fingerprint density at radius 2 is 1.20 bits per heavy atom. The molecule has 3 aliphatic rings. The van der Waals surface area contributed by atoms with E-state index in [0.717, 1.165) is 0 Å². The van der Waals surface area contributed by atoms with E-state index in [-0.39, 0.29) is 17.4 Å². The molecule has 0 saturated heterocycles. The van der Waals surface area contributed by atoms with Crippen molar-refractivity contribution in [2.75, 3.05) is 4.90 Å². The number of allylic oxidation sites excluding steroid dienone is 3. The van der Waals surface area contributed by atoms with Gasteiger partial charge in [-0.05, 0) is 61.6 Å². The van der Waals surface area contributed by atoms with Crippen LogP contribution in [-0.2, 0) is 40.6 Å². The van der Waals surface area contributed by atoms with Gasteiger partial charge < -0.3 is 4.90 Å². The third-order valence-electron chi connectivity index (χ3n) is 5.44. The number of anilines is 2. The van der Waals surface area contributed by atoms with Crippen LogP contribution in [0.5, 0.6) is 0 Å². The molecular formula is C27H21CrNO5S. The van der Waals surface area contributed by atoms with E-state index < -0.39 is 0 Å². The number of nitrogens with zero attached hydrogens (tertiary/aromatic N) is 1. The van der Waals surface area contributed by atoms with Crippen LogP contribution in [0.15, 0.2) is 81.2 Å². The van der Waals surface area contributed by atoms with Crippen LogP contribution in [0.3, 0.4) is 0 Å². The number of hydrogen-bond acceptors (Lipinski definition) is 2. The predicted octanol–water partition coefficient (Wildman–Crippen LogP) is 6.50. The van der Waals surface area contributed by atoms with E-state index in [9.17, 15) is 0 Å². The molecule has 0 N–H and O–H groups in total. The molecule has 1 fully saturated rings. The Balaban J connectivity index is 0. The summed E-state index contributed by atoms with van der Waals surface area (Å²) < 4.78 is 37.5. The summed E-state index contributed by atoms with van der Waals surface area (Å²) in [5, 5.41) is 0. The monoisotopic (exact) mass is 523 g/mol. The van der Waals surface area contributed by atoms with Crippen LogP contribution in [0.25, 0.3) is 0 Å². The summed E-state index contributed by atoms with van der Waals surface area (Å²) in [6, 6.07) is 17.7. The van der Waals surface area contributed by atoms with E-state index in [4.69, 9.17) is 23.3 Å². The molecule has 6 nitrogen and oxygen atoms in total. The molecule has 2 aromatic carbocycles. The van der Waals surface area contributed by atoms with Crippen molar-refractivity contribution in [2.45, 2.75) is 42.4 Å². The molecule has 0 radical (unpaired) electrons. The van der Waals surface area contributed by atoms with Gasteiger partial charge in [0.15, 0.2) is 0 Å². The van der Waals surface area contributed by atoms with Gasteiger partial charge in [-0.3, -0.25) is 0 Å². The zero-order chi connectivity index (χ0) is 26.1. The van der Waals surface area contributed by atoms with Crippen molar-refractivity contribution >= 4 is 23.1 Å². The molecule has 8 heteroatoms. The third-order valence-corrected chi connectivity index (χ3v) is 6.57. The van der Waals surface area contributed by atoms with E-state index in [2.05, 4.69) is 99.7 Å². The standard InChI is InChI=1S/C22H21NS.5CO.Cr/c1-15-14-16-8-2-3-9-17(16)22(15)23-18-10-4-6-12-20(18)24-21-13-7-5-11-19(21)23;5*1-2;/h4-7,10-14,16H,2-3,8-9H2,1H3;;;;;;. The SMILES string of the molecule is CC1=CC2CCCCC2=C1N1c2ccccc2Sc2ccccc21.[C-]#[O+].[C-]#[O+].[C-]#[O+].[C-]#[O+].[C-]#[O+].[Cr]. The van der Waals surface area contributed by atoms with Gasteiger partial charge in [0.25, 0.3) is 0 Å². The molecule has 5 rings (SSSR count). The second-order valence-corrected chi connectivity index (χ2v) is 8.03. The van der Waals surface area contributed by atoms with Crippen molar-refractivity contribution in [3.63, 3.8) is 0 Å². The van der Waals surface area contributed by atoms with Crippen molar-refractivity contribution in [1.82, 2.24) is 0 Å². The molecule has 0 amide bonds. The average molecular weight is 524 g/mol. The van der Waals surface area contributed by atoms with Crippen LogP contribution in [0.2, 0.25) is 0 Å². The third kappa shape index (κ3) is 7.91. The van der Waals surface area contributed by atoms with Gasteiger partial charge in [-0.2, -0.15) is 0 Å². The number of hydrogen-bond donors (Lipinski definition) is 0. The second-order valence-electron chi connectivity index (χ2n) is 6.95. The van der Waals surface area contributed by atoms with Crippen molar-refractivity contribution < 1.29 is 40.6 Å². The Morgan fingerprint density at radius 3 is 1.69 bits per heavy atom. The minimum absolute atomic E-state index is 0. The smallest absolute Gasteiger partial charge is 0 e. The fourth-order valence-corrected chi connectivity index (χ4v) is 5.47. The van der Waals surface area contributed by atoms with Crippen LogP contribution in [0.1, 0.15) is 32.6 Å². The maximum Gasteiger partial charge on any atom is 0 e. The molecule has 1 aliphatic heterocycles. The largest absolute Gasteiger partial charge is 0 e. The number of fused-ring (bicyclic) bond motifs is 3. The molecule has 2 aromatic rings. The van der Waals surface area contributed by atoms with Gasteiger partial charge in [0.1, 0.15) is 0 Å². The summed E-state index contributed by atoms with van der Waals surface area (Å²) in [5.74, 6) is 0.669. The molecule has 1 atom stereocenters. The first-order valence-electron chi connectivity index (χ1n) is 9.93. The fraction of sp³-hybridized carbons (Fsp3) is 0.222. The zero-order valence-corrected chi connectivity index (χ0v) is 21.0. The van der Waals surface area contributed by atoms with Crippen molar-refractivity contribution in [3.8, 4) is 0 Å². The van der Waals surface area contributed by atoms with Crippen LogP contribution >= 0.6 is 11.8 Å². The minimum Gasteiger partial charge on any atom is 0 e. The van der Waals surface area contributed by atoms with Gasteiger partial charge in [0, 0.05) is 38.8 Å². The minimum atomic E-state index is 0. The molecule has 176 valence electrons. The van der Waals surface area contributed by atoms with Crippen molar-refractivity contribution in [2.24, 2.45) is 5.92 Å². The molecular weight excluding hydrogens is 502 g/mol. The van der Waals surface area contributed by atoms with Gasteiger partial charge in [0.2, 0.25) is 0 Å². The second kappa shape index (κ2) is 19.6. The Morgan fingerprint density at radius 1 is 0.743 bits per heavy atom. The van der Waals surface area contributed by atoms with Crippen LogP contribution < -0.4 is 4.90 Å². The Bertz CT molecular complexity index is 1030. The average Bonchev–Trinajstić information content (AvgIpc) is 3.28. The summed E-state index contributed by atoms with van der Waals surface area (Å²) >= 11 is 1.89. The van der Waals surface area contributed by atoms with Gasteiger partial charge in [-0.1, -0.05) is 48.5 Å². The molecule has 0 aromatic heterocycles. The Kier molecular flexibility index (Phi) is 19.3. The van der Waals surface area contributed by atoms with Crippen LogP contribution in [-0.4, -0.2) is 0 Å². The van der Waals surface area contributed by atoms with Crippen molar-refractivity contribution in [1.29, 1.82) is 0 Å². The van der Waals surface area contributed by atoms with E-state index in [1.807, 2.05) is 11.8 Å². The van der Waals surface area contributed by atoms with Gasteiger partial charge in [-0.15, -0.1) is 0 Å². The van der Waals surface area contributed by atoms with E-state index >= 15 is 0 Å². The molecule has 0 bridgehead atoms. The van der Waals surface area contributed by atoms with Crippen molar-refractivity contribution in [3.05, 3.63) is 105 Å². The van der Waals surface area contributed by atoms with Crippen LogP contribution in [0, 0.1) is 39.2 Å². The molecule has 0 spiro atoms. The first-order chi connectivity index (χ1) is 16.8. The van der Waals surface area contributed by atoms with Gasteiger partial charge in [0.05, 0.1) is 11.4 Å². The van der Waals surface area contributed by atoms with E-state index in [0.29, 0.717) is 5.92 Å².